The molecule has 1 amide bonds. The Bertz CT molecular complexity index is 633. The van der Waals surface area contributed by atoms with E-state index in [0.29, 0.717) is 11.7 Å². The summed E-state index contributed by atoms with van der Waals surface area (Å²) in [6.45, 7) is 8.49. The van der Waals surface area contributed by atoms with Crippen LogP contribution in [0.5, 0.6) is 0 Å². The predicted octanol–water partition coefficient (Wildman–Crippen LogP) is 2.77. The molecule has 0 saturated heterocycles. The molecule has 23 heavy (non-hydrogen) atoms. The Morgan fingerprint density at radius 1 is 1.22 bits per heavy atom. The Morgan fingerprint density at radius 3 is 2.52 bits per heavy atom. The molecule has 0 aliphatic carbocycles. The molecule has 0 bridgehead atoms. The fourth-order valence-corrected chi connectivity index (χ4v) is 2.40. The molecular formula is C17H25N5O. The molecule has 2 rings (SSSR count). The lowest BCUT2D eigenvalue weighted by molar-refractivity contribution is -0.122. The lowest BCUT2D eigenvalue weighted by atomic mass is 10.0. The van der Waals surface area contributed by atoms with Crippen LogP contribution in [-0.2, 0) is 11.3 Å². The molecule has 0 aliphatic rings. The molecule has 1 N–H and O–H groups in total. The highest BCUT2D eigenvalue weighted by Gasteiger charge is 2.11. The third kappa shape index (κ3) is 4.87. The van der Waals surface area contributed by atoms with Gasteiger partial charge in [-0.25, -0.2) is 0 Å². The summed E-state index contributed by atoms with van der Waals surface area (Å²) in [6, 6.07) is 8.28. The summed E-state index contributed by atoms with van der Waals surface area (Å²) in [4.78, 5) is 13.3. The number of aromatic nitrogens is 4. The summed E-state index contributed by atoms with van der Waals surface area (Å²) < 4.78 is 0. The molecule has 1 aromatic heterocycles. The minimum absolute atomic E-state index is 0.0884. The molecule has 1 heterocycles. The summed E-state index contributed by atoms with van der Waals surface area (Å²) in [7, 11) is 0. The van der Waals surface area contributed by atoms with Gasteiger partial charge in [-0.05, 0) is 30.0 Å². The lowest BCUT2D eigenvalue weighted by Gasteiger charge is -2.11. The van der Waals surface area contributed by atoms with E-state index >= 15 is 0 Å². The van der Waals surface area contributed by atoms with Gasteiger partial charge in [-0.3, -0.25) is 4.79 Å². The lowest BCUT2D eigenvalue weighted by Crippen LogP contribution is -2.35. The number of benzene rings is 1. The minimum atomic E-state index is -0.0925. The molecule has 0 radical (unpaired) electrons. The Morgan fingerprint density at radius 2 is 1.91 bits per heavy atom. The second-order valence-electron chi connectivity index (χ2n) is 6.18. The quantitative estimate of drug-likeness (QED) is 0.852. The number of amides is 1. The van der Waals surface area contributed by atoms with Crippen molar-refractivity contribution in [2.24, 2.45) is 0 Å². The fraction of sp³-hybridized carbons (Fsp3) is 0.529. The van der Waals surface area contributed by atoms with Crippen LogP contribution in [0.25, 0.3) is 11.4 Å². The van der Waals surface area contributed by atoms with Crippen molar-refractivity contribution in [1.29, 1.82) is 0 Å². The van der Waals surface area contributed by atoms with Gasteiger partial charge in [0.05, 0.1) is 0 Å². The maximum Gasteiger partial charge on any atom is 0.243 e. The van der Waals surface area contributed by atoms with Gasteiger partial charge in [0.25, 0.3) is 0 Å². The van der Waals surface area contributed by atoms with Crippen molar-refractivity contribution < 1.29 is 4.79 Å². The Labute approximate surface area is 137 Å². The van der Waals surface area contributed by atoms with Crippen molar-refractivity contribution in [2.45, 2.75) is 59.0 Å². The van der Waals surface area contributed by atoms with Crippen LogP contribution >= 0.6 is 0 Å². The molecule has 0 aliphatic heterocycles. The van der Waals surface area contributed by atoms with Crippen molar-refractivity contribution in [3.8, 4) is 11.4 Å². The third-order valence-electron chi connectivity index (χ3n) is 3.70. The van der Waals surface area contributed by atoms with E-state index in [4.69, 9.17) is 0 Å². The first kappa shape index (κ1) is 17.1. The first-order valence-corrected chi connectivity index (χ1v) is 8.17. The summed E-state index contributed by atoms with van der Waals surface area (Å²) in [5.41, 5.74) is 2.17. The van der Waals surface area contributed by atoms with E-state index in [9.17, 15) is 4.79 Å². The molecule has 6 heteroatoms. The van der Waals surface area contributed by atoms with Crippen LogP contribution in [0.4, 0.5) is 0 Å². The fourth-order valence-electron chi connectivity index (χ4n) is 2.40. The zero-order valence-corrected chi connectivity index (χ0v) is 14.3. The van der Waals surface area contributed by atoms with E-state index < -0.39 is 0 Å². The summed E-state index contributed by atoms with van der Waals surface area (Å²) in [5.74, 6) is 0.932. The first-order valence-electron chi connectivity index (χ1n) is 8.17. The minimum Gasteiger partial charge on any atom is -0.352 e. The smallest absolute Gasteiger partial charge is 0.243 e. The van der Waals surface area contributed by atoms with Crippen molar-refractivity contribution in [3.05, 3.63) is 29.8 Å². The summed E-state index contributed by atoms with van der Waals surface area (Å²) in [5, 5.41) is 15.2. The van der Waals surface area contributed by atoms with Crippen LogP contribution in [0.1, 0.15) is 52.0 Å². The largest absolute Gasteiger partial charge is 0.352 e. The number of tetrazole rings is 1. The van der Waals surface area contributed by atoms with Crippen LogP contribution in [0, 0.1) is 0 Å². The Kier molecular flexibility index (Phi) is 5.84. The number of nitrogens with zero attached hydrogens (tertiary/aromatic N) is 4. The number of nitrogens with one attached hydrogen (secondary N) is 1. The molecule has 1 atom stereocenters. The summed E-state index contributed by atoms with van der Waals surface area (Å²) >= 11 is 0. The highest BCUT2D eigenvalue weighted by Crippen LogP contribution is 2.19. The third-order valence-corrected chi connectivity index (χ3v) is 3.70. The monoisotopic (exact) mass is 315 g/mol. The van der Waals surface area contributed by atoms with Crippen LogP contribution < -0.4 is 5.32 Å². The van der Waals surface area contributed by atoms with Gasteiger partial charge in [0.15, 0.2) is 0 Å². The average Bonchev–Trinajstić information content (AvgIpc) is 2.95. The maximum atomic E-state index is 11.9. The van der Waals surface area contributed by atoms with Crippen molar-refractivity contribution in [3.63, 3.8) is 0 Å². The first-order chi connectivity index (χ1) is 11.0. The van der Waals surface area contributed by atoms with Crippen molar-refractivity contribution >= 4 is 5.91 Å². The standard InChI is InChI=1S/C17H25N5O/c1-5-6-13(4)18-16(23)11-22-20-17(19-21-22)15-9-7-14(8-10-15)12(2)3/h7-10,12-13H,5-6,11H2,1-4H3,(H,18,23). The van der Waals surface area contributed by atoms with Crippen LogP contribution in [0.15, 0.2) is 24.3 Å². The van der Waals surface area contributed by atoms with E-state index in [1.807, 2.05) is 19.1 Å². The number of carbonyl (C=O) groups excluding carboxylic acids is 1. The number of hydrogen-bond acceptors (Lipinski definition) is 4. The van der Waals surface area contributed by atoms with E-state index in [1.165, 1.54) is 10.4 Å². The van der Waals surface area contributed by atoms with Gasteiger partial charge in [0.2, 0.25) is 11.7 Å². The zero-order valence-electron chi connectivity index (χ0n) is 14.3. The van der Waals surface area contributed by atoms with Gasteiger partial charge in [-0.15, -0.1) is 10.2 Å². The van der Waals surface area contributed by atoms with Gasteiger partial charge in [-0.2, -0.15) is 4.80 Å². The highest BCUT2D eigenvalue weighted by molar-refractivity contribution is 5.75. The van der Waals surface area contributed by atoms with E-state index in [0.717, 1.165) is 18.4 Å². The summed E-state index contributed by atoms with van der Waals surface area (Å²) in [6.07, 6.45) is 2.00. The molecule has 0 fully saturated rings. The second-order valence-corrected chi connectivity index (χ2v) is 6.18. The molecular weight excluding hydrogens is 290 g/mol. The van der Waals surface area contributed by atoms with Gasteiger partial charge < -0.3 is 5.32 Å². The van der Waals surface area contributed by atoms with Gasteiger partial charge in [0.1, 0.15) is 6.54 Å². The SMILES string of the molecule is CCCC(C)NC(=O)Cn1nnc(-c2ccc(C(C)C)cc2)n1. The topological polar surface area (TPSA) is 72.7 Å². The van der Waals surface area contributed by atoms with Gasteiger partial charge >= 0.3 is 0 Å². The average molecular weight is 315 g/mol. The predicted molar refractivity (Wildman–Crippen MR) is 89.9 cm³/mol. The van der Waals surface area contributed by atoms with Crippen LogP contribution in [0.2, 0.25) is 0 Å². The van der Waals surface area contributed by atoms with Crippen LogP contribution in [-0.4, -0.2) is 32.2 Å². The molecule has 1 unspecified atom stereocenters. The number of carbonyl (C=O) groups is 1. The van der Waals surface area contributed by atoms with E-state index in [1.54, 1.807) is 0 Å². The van der Waals surface area contributed by atoms with Gasteiger partial charge in [-0.1, -0.05) is 51.5 Å². The number of rotatable bonds is 7. The maximum absolute atomic E-state index is 11.9. The second kappa shape index (κ2) is 7.85. The van der Waals surface area contributed by atoms with Crippen molar-refractivity contribution in [1.82, 2.24) is 25.5 Å². The molecule has 1 aromatic carbocycles. The highest BCUT2D eigenvalue weighted by atomic mass is 16.2. The Balaban J connectivity index is 1.98. The number of hydrogen-bond donors (Lipinski definition) is 1. The van der Waals surface area contributed by atoms with Crippen molar-refractivity contribution in [2.75, 3.05) is 0 Å². The van der Waals surface area contributed by atoms with E-state index in [2.05, 4.69) is 53.6 Å². The molecule has 6 nitrogen and oxygen atoms in total. The zero-order chi connectivity index (χ0) is 16.8. The molecule has 2 aromatic rings. The molecule has 124 valence electrons. The Hall–Kier alpha value is -2.24. The molecule has 0 spiro atoms. The molecule has 0 saturated carbocycles. The normalized spacial score (nSPS) is 12.4. The van der Waals surface area contributed by atoms with Crippen LogP contribution in [0.3, 0.4) is 0 Å². The van der Waals surface area contributed by atoms with Gasteiger partial charge in [0, 0.05) is 11.6 Å². The van der Waals surface area contributed by atoms with E-state index in [-0.39, 0.29) is 18.5 Å².